The van der Waals surface area contributed by atoms with Gasteiger partial charge in [-0.25, -0.2) is 33.2 Å². The highest BCUT2D eigenvalue weighted by atomic mass is 35.5. The zero-order chi connectivity index (χ0) is 82.0. The number of benzene rings is 2. The molecule has 11 atom stereocenters. The fourth-order valence-corrected chi connectivity index (χ4v) is 17.1. The summed E-state index contributed by atoms with van der Waals surface area (Å²) >= 11 is 26.1. The molecule has 0 bridgehead atoms. The number of hydrogen-bond donors (Lipinski definition) is 0. The van der Waals surface area contributed by atoms with Gasteiger partial charge in [0.2, 0.25) is 29.1 Å². The second kappa shape index (κ2) is 35.2. The van der Waals surface area contributed by atoms with E-state index in [0.717, 1.165) is 6.04 Å². The van der Waals surface area contributed by atoms with E-state index < -0.39 is 130 Å². The molecule has 0 radical (unpaired) electrons. The van der Waals surface area contributed by atoms with E-state index in [1.807, 2.05) is 0 Å². The van der Waals surface area contributed by atoms with E-state index in [0.29, 0.717) is 38.6 Å². The van der Waals surface area contributed by atoms with Crippen molar-refractivity contribution in [2.45, 2.75) is 225 Å². The van der Waals surface area contributed by atoms with Crippen LogP contribution in [0, 0.1) is 0 Å². The highest BCUT2D eigenvalue weighted by Crippen LogP contribution is 2.56. The van der Waals surface area contributed by atoms with Gasteiger partial charge >= 0.3 is 24.1 Å². The SMILES string of the molecule is CCOC(=O)C(Cc1nnnn1COCC[Si](C)(C)C)(OC[C@H]1O[C@@H](n2ncc3c(N(Cc4ccccc4Cl)C(=O)OC(C)(C)C)nc(Cl)nc32)[C@@H]2OC(C)(C)O[C@@H]21)P(C)(C)=O.CCOC(=O)C(OC[C@H]1O[C@@H](n2ncc3c(N(Cc4ccccc4Cl)C(=O)OC(C)(C)C)nc(Cl)nc32)[C@@H]2OC(C)(C)O[C@@H]21)P(C)(=O)OCC. The van der Waals surface area contributed by atoms with Crippen molar-refractivity contribution in [2.24, 2.45) is 0 Å². The van der Waals surface area contributed by atoms with Crippen LogP contribution in [-0.2, 0) is 111 Å². The Labute approximate surface area is 670 Å². The monoisotopic (exact) mass is 1700 g/mol. The molecule has 0 N–H and O–H groups in total. The summed E-state index contributed by atoms with van der Waals surface area (Å²) in [5, 5.41) is 20.5. The Bertz CT molecular complexity index is 4630. The maximum absolute atomic E-state index is 14.4. The molecular formula is C71H98Cl4N14O20P2Si. The molecule has 0 aliphatic carbocycles. The number of aromatic nitrogens is 12. The molecule has 0 spiro atoms. The molecule has 34 nitrogen and oxygen atoms in total. The highest BCUT2D eigenvalue weighted by Gasteiger charge is 2.61. The van der Waals surface area contributed by atoms with Gasteiger partial charge in [-0.15, -0.1) is 5.10 Å². The molecule has 7 aromatic rings. The maximum Gasteiger partial charge on any atom is 0.416 e. The minimum absolute atomic E-state index is 0.00204. The summed E-state index contributed by atoms with van der Waals surface area (Å²) < 4.78 is 116. The number of hydrogen-bond acceptors (Lipinski definition) is 29. The lowest BCUT2D eigenvalue weighted by molar-refractivity contribution is -0.207. The van der Waals surface area contributed by atoms with Gasteiger partial charge in [-0.05, 0) is 166 Å². The number of carbonyl (C=O) groups excluding carboxylic acids is 4. The van der Waals surface area contributed by atoms with E-state index in [1.165, 1.54) is 56.2 Å². The number of amides is 2. The first-order valence-corrected chi connectivity index (χ1v) is 46.3. The van der Waals surface area contributed by atoms with Crippen molar-refractivity contribution in [3.63, 3.8) is 0 Å². The molecule has 3 unspecified atom stereocenters. The van der Waals surface area contributed by atoms with Gasteiger partial charge in [0, 0.05) is 31.4 Å². The fraction of sp³-hybridized carbons (Fsp3) is 0.620. The van der Waals surface area contributed by atoms with Gasteiger partial charge in [0.05, 0.1) is 75.7 Å². The molecule has 4 aliphatic heterocycles. The number of tetrazole rings is 1. The van der Waals surface area contributed by atoms with Gasteiger partial charge in [-0.3, -0.25) is 14.4 Å². The van der Waals surface area contributed by atoms with E-state index in [4.69, 9.17) is 113 Å². The van der Waals surface area contributed by atoms with Crippen molar-refractivity contribution >= 4 is 127 Å². The standard InChI is InChI=1S/C39H56Cl2N9O10PSi.C32H42Cl2N5O10P/c1-12-55-34(51)39(61(7,8)53,19-28-45-46-47-49(28)23-54-17-18-62(9,10)11)56-22-27-29-30(59-38(5,6)58-29)33(57-27)50-32-25(20-42-50)31(43-35(41)44-32)48(36(52)60-37(2,3)4)21-24-15-13-14-16-26(24)40;1-9-43-27(40)28(50(8,42)45-10-2)44-17-21-22-23(48-32(6,7)47-22)26(46-21)39-25-19(15-35-39)24(36-29(34)37-25)38(30(41)49-31(3,4)5)16-18-13-11-12-14-20(18)33/h13-16,20,27,29-30,33H,12,17-19,21-23H2,1-11H3;11-15,21-23,26,28H,9-10,16-17H2,1-8H3/t27-,29-,30-,33-,39?;21-,22-,23-,26-,28?,50?/m11/s1. The number of ether oxygens (including phenoxy) is 13. The number of fused-ring (bicyclic) bond motifs is 4. The molecule has 0 saturated carbocycles. The summed E-state index contributed by atoms with van der Waals surface area (Å²) in [4.78, 5) is 74.9. The lowest BCUT2D eigenvalue weighted by Gasteiger charge is -2.35. The molecule has 112 heavy (non-hydrogen) atoms. The van der Waals surface area contributed by atoms with E-state index in [1.54, 1.807) is 139 Å². The van der Waals surface area contributed by atoms with Crippen LogP contribution in [0.15, 0.2) is 60.9 Å². The second-order valence-electron chi connectivity index (χ2n) is 31.4. The average Bonchev–Trinajstić information content (AvgIpc) is 1.60. The minimum atomic E-state index is -3.59. The van der Waals surface area contributed by atoms with Crippen LogP contribution in [0.25, 0.3) is 22.1 Å². The topological polar surface area (TPSA) is 369 Å². The molecule has 614 valence electrons. The first-order valence-electron chi connectivity index (χ1n) is 36.4. The van der Waals surface area contributed by atoms with Crippen LogP contribution in [-0.4, -0.2) is 222 Å². The van der Waals surface area contributed by atoms with E-state index in [-0.39, 0.29) is 98.6 Å². The summed E-state index contributed by atoms with van der Waals surface area (Å²) in [5.74, 6) is -4.80. The van der Waals surface area contributed by atoms with Crippen molar-refractivity contribution < 1.29 is 94.4 Å². The Hall–Kier alpha value is -6.47. The number of halogens is 4. The van der Waals surface area contributed by atoms with Crippen molar-refractivity contribution in [1.29, 1.82) is 0 Å². The maximum atomic E-state index is 14.4. The Kier molecular flexibility index (Phi) is 27.6. The van der Waals surface area contributed by atoms with Crippen molar-refractivity contribution in [1.82, 2.24) is 59.7 Å². The van der Waals surface area contributed by atoms with Crippen LogP contribution in [0.3, 0.4) is 0 Å². The molecule has 5 aromatic heterocycles. The number of nitrogens with zero attached hydrogens (tertiary/aromatic N) is 14. The Morgan fingerprint density at radius 3 is 1.54 bits per heavy atom. The molecular weight excluding hydrogens is 1600 g/mol. The predicted octanol–water partition coefficient (Wildman–Crippen LogP) is 13.3. The molecule has 4 saturated heterocycles. The predicted molar refractivity (Wildman–Crippen MR) is 416 cm³/mol. The third-order valence-electron chi connectivity index (χ3n) is 17.7. The third kappa shape index (κ3) is 20.8. The first kappa shape index (κ1) is 87.9. The molecule has 4 aliphatic rings. The number of carbonyl (C=O) groups is 4. The first-order chi connectivity index (χ1) is 52.4. The second-order valence-corrected chi connectivity index (χ2v) is 44.5. The molecule has 11 rings (SSSR count). The van der Waals surface area contributed by atoms with E-state index >= 15 is 0 Å². The fourth-order valence-electron chi connectivity index (χ4n) is 12.7. The van der Waals surface area contributed by atoms with Gasteiger partial charge < -0.3 is 70.7 Å². The van der Waals surface area contributed by atoms with Crippen LogP contribution >= 0.6 is 60.9 Å². The lowest BCUT2D eigenvalue weighted by Crippen LogP contribution is -2.48. The van der Waals surface area contributed by atoms with Crippen molar-refractivity contribution in [3.05, 3.63) is 98.5 Å². The third-order valence-corrected chi connectivity index (χ3v) is 24.7. The normalized spacial score (nSPS) is 22.1. The molecule has 2 aromatic carbocycles. The summed E-state index contributed by atoms with van der Waals surface area (Å²) in [5.41, 5.74) is 0.0242. The molecule has 4 fully saturated rings. The zero-order valence-electron chi connectivity index (χ0n) is 66.1. The van der Waals surface area contributed by atoms with Gasteiger partial charge in [0.1, 0.15) is 61.7 Å². The molecule has 2 amide bonds. The van der Waals surface area contributed by atoms with Crippen molar-refractivity contribution in [2.75, 3.05) is 69.4 Å². The lowest BCUT2D eigenvalue weighted by atomic mass is 10.1. The molecule has 9 heterocycles. The van der Waals surface area contributed by atoms with E-state index in [9.17, 15) is 28.3 Å². The Balaban J connectivity index is 0.000000243. The summed E-state index contributed by atoms with van der Waals surface area (Å²) in [6.07, 6.45) is -5.39. The largest absolute Gasteiger partial charge is 0.464 e. The van der Waals surface area contributed by atoms with Crippen LogP contribution in [0.4, 0.5) is 21.2 Å². The van der Waals surface area contributed by atoms with Gasteiger partial charge in [0.15, 0.2) is 52.8 Å². The quantitative estimate of drug-likeness (QED) is 0.0105. The van der Waals surface area contributed by atoms with Crippen LogP contribution in [0.5, 0.6) is 0 Å². The van der Waals surface area contributed by atoms with Crippen molar-refractivity contribution in [3.8, 4) is 0 Å². The summed E-state index contributed by atoms with van der Waals surface area (Å²) in [7, 11) is -8.51. The Morgan fingerprint density at radius 2 is 1.11 bits per heavy atom. The number of rotatable bonds is 29. The van der Waals surface area contributed by atoms with Crippen LogP contribution in [0.1, 0.15) is 119 Å². The number of anilines is 2. The summed E-state index contributed by atoms with van der Waals surface area (Å²) in [6, 6.07) is 15.1. The Morgan fingerprint density at radius 1 is 0.643 bits per heavy atom. The van der Waals surface area contributed by atoms with Crippen LogP contribution < -0.4 is 9.80 Å². The number of esters is 2. The molecule has 41 heteroatoms. The van der Waals surface area contributed by atoms with Gasteiger partial charge in [0.25, 0.3) is 0 Å². The summed E-state index contributed by atoms with van der Waals surface area (Å²) in [6.45, 7) is 33.6. The van der Waals surface area contributed by atoms with Gasteiger partial charge in [-0.1, -0.05) is 79.2 Å². The average molecular weight is 1700 g/mol. The zero-order valence-corrected chi connectivity index (χ0v) is 71.9. The van der Waals surface area contributed by atoms with Gasteiger partial charge in [-0.2, -0.15) is 30.1 Å². The smallest absolute Gasteiger partial charge is 0.416 e. The van der Waals surface area contributed by atoms with E-state index in [2.05, 4.69) is 65.3 Å². The van der Waals surface area contributed by atoms with Crippen LogP contribution in [0.2, 0.25) is 46.3 Å². The highest BCUT2D eigenvalue weighted by molar-refractivity contribution is 7.64. The minimum Gasteiger partial charge on any atom is -0.464 e.